The highest BCUT2D eigenvalue weighted by Gasteiger charge is 2.41. The summed E-state index contributed by atoms with van der Waals surface area (Å²) in [6.07, 6.45) is 0. The summed E-state index contributed by atoms with van der Waals surface area (Å²) in [4.78, 5) is 24.5. The second kappa shape index (κ2) is 5.60. The van der Waals surface area contributed by atoms with Gasteiger partial charge in [0.1, 0.15) is 22.5 Å². The summed E-state index contributed by atoms with van der Waals surface area (Å²) in [6.45, 7) is -0.607. The van der Waals surface area contributed by atoms with Crippen molar-refractivity contribution < 1.29 is 18.0 Å². The van der Waals surface area contributed by atoms with Crippen molar-refractivity contribution in [3.63, 3.8) is 0 Å². The molecule has 25 heavy (non-hydrogen) atoms. The molecule has 2 amide bonds. The van der Waals surface area contributed by atoms with Gasteiger partial charge in [-0.05, 0) is 24.3 Å². The number of aromatic nitrogens is 2. The van der Waals surface area contributed by atoms with Crippen molar-refractivity contribution in [2.24, 2.45) is 0 Å². The lowest BCUT2D eigenvalue weighted by Crippen LogP contribution is -2.37. The summed E-state index contributed by atoms with van der Waals surface area (Å²) in [7, 11) is -4.02. The molecular weight excluding hydrogens is 364 g/mol. The molecule has 1 aliphatic heterocycles. The third-order valence-corrected chi connectivity index (χ3v) is 6.09. The van der Waals surface area contributed by atoms with Gasteiger partial charge in [-0.25, -0.2) is 12.7 Å². The monoisotopic (exact) mass is 374 g/mol. The number of rotatable bonds is 3. The van der Waals surface area contributed by atoms with E-state index >= 15 is 0 Å². The third-order valence-electron chi connectivity index (χ3n) is 3.76. The van der Waals surface area contributed by atoms with E-state index in [1.807, 2.05) is 0 Å². The largest absolute Gasteiger partial charge is 0.323 e. The van der Waals surface area contributed by atoms with E-state index in [9.17, 15) is 18.0 Å². The molecule has 3 aromatic rings. The highest BCUT2D eigenvalue weighted by Crippen LogP contribution is 2.29. The minimum absolute atomic E-state index is 0.0705. The van der Waals surface area contributed by atoms with Crippen molar-refractivity contribution in [1.29, 1.82) is 0 Å². The van der Waals surface area contributed by atoms with Gasteiger partial charge in [-0.15, -0.1) is 0 Å². The SMILES string of the molecule is O=C(CN1C(=O)c2ccccc2S1(=O)=O)Nc1cccc2nsnc12. The Morgan fingerprint density at radius 3 is 2.72 bits per heavy atom. The van der Waals surface area contributed by atoms with Crippen molar-refractivity contribution in [2.75, 3.05) is 11.9 Å². The third kappa shape index (κ3) is 2.46. The van der Waals surface area contributed by atoms with Crippen LogP contribution in [0.25, 0.3) is 11.0 Å². The Labute approximate surface area is 146 Å². The first-order valence-electron chi connectivity index (χ1n) is 7.16. The number of hydrogen-bond acceptors (Lipinski definition) is 7. The molecule has 4 rings (SSSR count). The molecule has 0 unspecified atom stereocenters. The normalized spacial score (nSPS) is 15.4. The minimum Gasteiger partial charge on any atom is -0.323 e. The van der Waals surface area contributed by atoms with Gasteiger partial charge in [-0.1, -0.05) is 18.2 Å². The van der Waals surface area contributed by atoms with E-state index in [1.54, 1.807) is 24.3 Å². The van der Waals surface area contributed by atoms with Gasteiger partial charge in [0, 0.05) is 0 Å². The van der Waals surface area contributed by atoms with Gasteiger partial charge in [0.05, 0.1) is 23.0 Å². The molecule has 0 radical (unpaired) electrons. The standard InChI is InChI=1S/C15H10N4O4S2/c20-13(16-10-5-3-6-11-14(10)18-24-17-11)8-19-15(21)9-4-1-2-7-12(9)25(19,22)23/h1-7H,8H2,(H,16,20). The Hall–Kier alpha value is -2.85. The Balaban J connectivity index is 1.60. The molecular formula is C15H10N4O4S2. The van der Waals surface area contributed by atoms with Crippen LogP contribution in [0.5, 0.6) is 0 Å². The zero-order valence-corrected chi connectivity index (χ0v) is 14.2. The van der Waals surface area contributed by atoms with E-state index in [4.69, 9.17) is 0 Å². The lowest BCUT2D eigenvalue weighted by atomic mass is 10.2. The number of anilines is 1. The number of carbonyl (C=O) groups is 2. The van der Waals surface area contributed by atoms with Gasteiger partial charge >= 0.3 is 0 Å². The molecule has 1 aromatic heterocycles. The van der Waals surface area contributed by atoms with Crippen molar-refractivity contribution in [1.82, 2.24) is 13.1 Å². The molecule has 0 saturated carbocycles. The van der Waals surface area contributed by atoms with Gasteiger partial charge < -0.3 is 5.32 Å². The van der Waals surface area contributed by atoms with Gasteiger partial charge in [0.2, 0.25) is 5.91 Å². The molecule has 1 N–H and O–H groups in total. The van der Waals surface area contributed by atoms with Crippen LogP contribution in [0.3, 0.4) is 0 Å². The predicted molar refractivity (Wildman–Crippen MR) is 90.7 cm³/mol. The first-order chi connectivity index (χ1) is 12.0. The summed E-state index contributed by atoms with van der Waals surface area (Å²) in [6, 6.07) is 11.0. The van der Waals surface area contributed by atoms with Crippen LogP contribution in [-0.4, -0.2) is 39.8 Å². The smallest absolute Gasteiger partial charge is 0.269 e. The number of sulfonamides is 1. The van der Waals surface area contributed by atoms with Crippen LogP contribution in [-0.2, 0) is 14.8 Å². The molecule has 1 aliphatic rings. The Kier molecular flexibility index (Phi) is 3.51. The summed E-state index contributed by atoms with van der Waals surface area (Å²) < 4.78 is 33.7. The van der Waals surface area contributed by atoms with Crippen molar-refractivity contribution in [3.8, 4) is 0 Å². The first-order valence-corrected chi connectivity index (χ1v) is 9.33. The molecule has 2 aromatic carbocycles. The second-order valence-electron chi connectivity index (χ2n) is 5.30. The molecule has 0 saturated heterocycles. The van der Waals surface area contributed by atoms with E-state index in [2.05, 4.69) is 14.1 Å². The Bertz CT molecular complexity index is 1120. The van der Waals surface area contributed by atoms with E-state index < -0.39 is 28.4 Å². The summed E-state index contributed by atoms with van der Waals surface area (Å²) >= 11 is 1.01. The van der Waals surface area contributed by atoms with Crippen molar-refractivity contribution >= 4 is 50.3 Å². The summed E-state index contributed by atoms with van der Waals surface area (Å²) in [5, 5.41) is 2.59. The van der Waals surface area contributed by atoms with Crippen LogP contribution in [0.15, 0.2) is 47.4 Å². The number of nitrogens with one attached hydrogen (secondary N) is 1. The highest BCUT2D eigenvalue weighted by molar-refractivity contribution is 7.90. The van der Waals surface area contributed by atoms with Crippen molar-refractivity contribution in [2.45, 2.75) is 4.90 Å². The maximum Gasteiger partial charge on any atom is 0.269 e. The quantitative estimate of drug-likeness (QED) is 0.744. The van der Waals surface area contributed by atoms with Gasteiger partial charge in [-0.2, -0.15) is 8.75 Å². The van der Waals surface area contributed by atoms with Crippen LogP contribution in [0.2, 0.25) is 0 Å². The molecule has 0 atom stereocenters. The average Bonchev–Trinajstić information content (AvgIpc) is 3.14. The maximum absolute atomic E-state index is 12.5. The topological polar surface area (TPSA) is 109 Å². The van der Waals surface area contributed by atoms with Crippen LogP contribution in [0, 0.1) is 0 Å². The molecule has 126 valence electrons. The maximum atomic E-state index is 12.5. The van der Waals surface area contributed by atoms with Crippen LogP contribution in [0.1, 0.15) is 10.4 Å². The Morgan fingerprint density at radius 2 is 1.92 bits per heavy atom. The number of nitrogens with zero attached hydrogens (tertiary/aromatic N) is 3. The number of carbonyl (C=O) groups excluding carboxylic acids is 2. The van der Waals surface area contributed by atoms with E-state index in [-0.39, 0.29) is 10.5 Å². The number of hydrogen-bond donors (Lipinski definition) is 1. The van der Waals surface area contributed by atoms with Gasteiger partial charge in [0.15, 0.2) is 0 Å². The zero-order chi connectivity index (χ0) is 17.6. The number of benzene rings is 2. The lowest BCUT2D eigenvalue weighted by molar-refractivity contribution is -0.116. The van der Waals surface area contributed by atoms with E-state index in [1.165, 1.54) is 18.2 Å². The lowest BCUT2D eigenvalue weighted by Gasteiger charge is -2.14. The molecule has 0 fully saturated rings. The van der Waals surface area contributed by atoms with Gasteiger partial charge in [-0.3, -0.25) is 9.59 Å². The number of amides is 2. The van der Waals surface area contributed by atoms with E-state index in [0.717, 1.165) is 11.7 Å². The molecule has 8 nitrogen and oxygen atoms in total. The number of fused-ring (bicyclic) bond motifs is 2. The summed E-state index contributed by atoms with van der Waals surface area (Å²) in [5.74, 6) is -1.34. The molecule has 10 heteroatoms. The Morgan fingerprint density at radius 1 is 1.12 bits per heavy atom. The average molecular weight is 374 g/mol. The fraction of sp³-hybridized carbons (Fsp3) is 0.0667. The predicted octanol–water partition coefficient (Wildman–Crippen LogP) is 1.47. The molecule has 2 heterocycles. The zero-order valence-electron chi connectivity index (χ0n) is 12.5. The fourth-order valence-corrected chi connectivity index (χ4v) is 4.69. The van der Waals surface area contributed by atoms with Crippen LogP contribution in [0.4, 0.5) is 5.69 Å². The van der Waals surface area contributed by atoms with Gasteiger partial charge in [0.25, 0.3) is 15.9 Å². The second-order valence-corrected chi connectivity index (χ2v) is 7.66. The fourth-order valence-electron chi connectivity index (χ4n) is 2.61. The minimum atomic E-state index is -4.02. The van der Waals surface area contributed by atoms with Crippen molar-refractivity contribution in [3.05, 3.63) is 48.0 Å². The first kappa shape index (κ1) is 15.7. The summed E-state index contributed by atoms with van der Waals surface area (Å²) in [5.41, 5.74) is 1.62. The molecule has 0 bridgehead atoms. The van der Waals surface area contributed by atoms with Crippen LogP contribution >= 0.6 is 11.7 Å². The van der Waals surface area contributed by atoms with Crippen LogP contribution < -0.4 is 5.32 Å². The van der Waals surface area contributed by atoms with E-state index in [0.29, 0.717) is 21.0 Å². The molecule has 0 spiro atoms. The highest BCUT2D eigenvalue weighted by atomic mass is 32.2. The molecule has 0 aliphatic carbocycles.